The summed E-state index contributed by atoms with van der Waals surface area (Å²) >= 11 is 5.71. The minimum absolute atomic E-state index is 0.137. The fraction of sp³-hybridized carbons (Fsp3) is 0.500. The van der Waals surface area contributed by atoms with E-state index in [9.17, 15) is 21.6 Å². The molecule has 112 valence electrons. The Kier molecular flexibility index (Phi) is 4.32. The van der Waals surface area contributed by atoms with E-state index in [4.69, 9.17) is 11.6 Å². The molecular formula is C12H13ClF3NO2S. The van der Waals surface area contributed by atoms with Gasteiger partial charge in [0.05, 0.1) is 10.5 Å². The first kappa shape index (κ1) is 15.6. The maximum absolute atomic E-state index is 12.6. The number of nitrogens with zero attached hydrogens (tertiary/aromatic N) is 1. The van der Waals surface area contributed by atoms with Gasteiger partial charge in [0.2, 0.25) is 10.0 Å². The molecule has 1 heterocycles. The third-order valence-corrected chi connectivity index (χ3v) is 5.57. The number of hydrogen-bond acceptors (Lipinski definition) is 2. The van der Waals surface area contributed by atoms with E-state index in [1.807, 2.05) is 0 Å². The first-order valence-corrected chi connectivity index (χ1v) is 7.99. The molecule has 20 heavy (non-hydrogen) atoms. The van der Waals surface area contributed by atoms with Crippen LogP contribution in [0.3, 0.4) is 0 Å². The molecule has 1 unspecified atom stereocenters. The fourth-order valence-electron chi connectivity index (χ4n) is 2.25. The van der Waals surface area contributed by atoms with Crippen molar-refractivity contribution in [1.82, 2.24) is 4.31 Å². The predicted octanol–water partition coefficient (Wildman–Crippen LogP) is 3.10. The molecule has 0 spiro atoms. The number of benzene rings is 1. The van der Waals surface area contributed by atoms with E-state index in [1.54, 1.807) is 0 Å². The molecule has 0 N–H and O–H groups in total. The van der Waals surface area contributed by atoms with E-state index in [2.05, 4.69) is 0 Å². The fourth-order valence-corrected chi connectivity index (χ4v) is 4.39. The Labute approximate surface area is 120 Å². The summed E-state index contributed by atoms with van der Waals surface area (Å²) in [7, 11) is -3.93. The van der Waals surface area contributed by atoms with Crippen molar-refractivity contribution in [2.45, 2.75) is 30.0 Å². The molecule has 0 amide bonds. The molecule has 1 fully saturated rings. The van der Waals surface area contributed by atoms with Crippen molar-refractivity contribution in [2.75, 3.05) is 12.4 Å². The van der Waals surface area contributed by atoms with Gasteiger partial charge < -0.3 is 0 Å². The van der Waals surface area contributed by atoms with E-state index in [0.717, 1.165) is 12.1 Å². The van der Waals surface area contributed by atoms with E-state index in [1.165, 1.54) is 10.4 Å². The smallest absolute Gasteiger partial charge is 0.207 e. The predicted molar refractivity (Wildman–Crippen MR) is 69.1 cm³/mol. The lowest BCUT2D eigenvalue weighted by atomic mass is 10.2. The summed E-state index contributed by atoms with van der Waals surface area (Å²) in [6, 6.07) is 3.44. The Morgan fingerprint density at radius 1 is 1.35 bits per heavy atom. The lowest BCUT2D eigenvalue weighted by Crippen LogP contribution is -2.36. The van der Waals surface area contributed by atoms with Crippen LogP contribution in [0, 0.1) is 0 Å². The van der Waals surface area contributed by atoms with Crippen molar-refractivity contribution in [3.05, 3.63) is 29.8 Å². The Bertz CT molecular complexity index is 589. The maximum Gasteiger partial charge on any atom is 0.416 e. The molecular weight excluding hydrogens is 315 g/mol. The highest BCUT2D eigenvalue weighted by Gasteiger charge is 2.36. The van der Waals surface area contributed by atoms with Crippen LogP contribution in [-0.2, 0) is 16.2 Å². The van der Waals surface area contributed by atoms with Gasteiger partial charge in [0.1, 0.15) is 0 Å². The molecule has 0 saturated carbocycles. The van der Waals surface area contributed by atoms with Crippen LogP contribution in [0.1, 0.15) is 18.4 Å². The Balaban J connectivity index is 2.40. The van der Waals surface area contributed by atoms with Gasteiger partial charge in [-0.25, -0.2) is 8.42 Å². The number of sulfonamides is 1. The zero-order valence-electron chi connectivity index (χ0n) is 10.4. The van der Waals surface area contributed by atoms with Gasteiger partial charge >= 0.3 is 6.18 Å². The molecule has 1 atom stereocenters. The Hall–Kier alpha value is -0.790. The number of hydrogen-bond donors (Lipinski definition) is 0. The van der Waals surface area contributed by atoms with Crippen LogP contribution in [0.15, 0.2) is 29.2 Å². The largest absolute Gasteiger partial charge is 0.416 e. The second-order valence-electron chi connectivity index (χ2n) is 4.59. The number of rotatable bonds is 3. The van der Waals surface area contributed by atoms with Crippen LogP contribution in [0.25, 0.3) is 0 Å². The minimum Gasteiger partial charge on any atom is -0.207 e. The average molecular weight is 328 g/mol. The molecule has 8 heteroatoms. The summed E-state index contributed by atoms with van der Waals surface area (Å²) in [6.45, 7) is 0.288. The van der Waals surface area contributed by atoms with Crippen molar-refractivity contribution in [1.29, 1.82) is 0 Å². The van der Waals surface area contributed by atoms with Gasteiger partial charge in [-0.05, 0) is 31.0 Å². The molecule has 2 rings (SSSR count). The van der Waals surface area contributed by atoms with Crippen molar-refractivity contribution >= 4 is 21.6 Å². The SMILES string of the molecule is O=S(=O)(c1cccc(C(F)(F)F)c1)N1CCCC1CCl. The van der Waals surface area contributed by atoms with Crippen LogP contribution in [0.5, 0.6) is 0 Å². The normalized spacial score (nSPS) is 21.3. The summed E-state index contributed by atoms with van der Waals surface area (Å²) in [5, 5.41) is 0. The van der Waals surface area contributed by atoms with Gasteiger partial charge in [0, 0.05) is 18.5 Å². The first-order chi connectivity index (χ1) is 9.26. The summed E-state index contributed by atoms with van der Waals surface area (Å²) < 4.78 is 63.9. The molecule has 1 aromatic carbocycles. The second kappa shape index (κ2) is 5.54. The van der Waals surface area contributed by atoms with Crippen molar-refractivity contribution < 1.29 is 21.6 Å². The highest BCUT2D eigenvalue weighted by molar-refractivity contribution is 7.89. The zero-order chi connectivity index (χ0) is 15.0. The molecule has 1 aliphatic heterocycles. The second-order valence-corrected chi connectivity index (χ2v) is 6.79. The topological polar surface area (TPSA) is 37.4 Å². The third-order valence-electron chi connectivity index (χ3n) is 3.27. The van der Waals surface area contributed by atoms with Crippen LogP contribution >= 0.6 is 11.6 Å². The molecule has 0 aromatic heterocycles. The lowest BCUT2D eigenvalue weighted by molar-refractivity contribution is -0.137. The quantitative estimate of drug-likeness (QED) is 0.800. The van der Waals surface area contributed by atoms with Crippen LogP contribution < -0.4 is 0 Å². The van der Waals surface area contributed by atoms with Gasteiger partial charge in [-0.15, -0.1) is 11.6 Å². The maximum atomic E-state index is 12.6. The summed E-state index contributed by atoms with van der Waals surface area (Å²) in [4.78, 5) is -0.343. The van der Waals surface area contributed by atoms with Crippen molar-refractivity contribution in [2.24, 2.45) is 0 Å². The molecule has 1 aromatic rings. The molecule has 0 aliphatic carbocycles. The molecule has 1 saturated heterocycles. The highest BCUT2D eigenvalue weighted by Crippen LogP contribution is 2.32. The summed E-state index contributed by atoms with van der Waals surface area (Å²) in [5.41, 5.74) is -0.972. The molecule has 1 aliphatic rings. The Morgan fingerprint density at radius 2 is 2.05 bits per heavy atom. The van der Waals surface area contributed by atoms with E-state index in [0.29, 0.717) is 18.9 Å². The summed E-state index contributed by atoms with van der Waals surface area (Å²) in [5.74, 6) is 0.137. The van der Waals surface area contributed by atoms with Crippen molar-refractivity contribution in [3.8, 4) is 0 Å². The van der Waals surface area contributed by atoms with Gasteiger partial charge in [-0.2, -0.15) is 17.5 Å². The van der Waals surface area contributed by atoms with Gasteiger partial charge in [-0.1, -0.05) is 6.07 Å². The molecule has 0 radical (unpaired) electrons. The minimum atomic E-state index is -4.57. The van der Waals surface area contributed by atoms with Gasteiger partial charge in [0.15, 0.2) is 0 Å². The van der Waals surface area contributed by atoms with Crippen LogP contribution in [0.2, 0.25) is 0 Å². The van der Waals surface area contributed by atoms with Crippen molar-refractivity contribution in [3.63, 3.8) is 0 Å². The monoisotopic (exact) mass is 327 g/mol. The third kappa shape index (κ3) is 2.94. The van der Waals surface area contributed by atoms with Gasteiger partial charge in [-0.3, -0.25) is 0 Å². The highest BCUT2D eigenvalue weighted by atomic mass is 35.5. The zero-order valence-corrected chi connectivity index (χ0v) is 12.0. The van der Waals surface area contributed by atoms with E-state index >= 15 is 0 Å². The average Bonchev–Trinajstić information content (AvgIpc) is 2.87. The van der Waals surface area contributed by atoms with Gasteiger partial charge in [0.25, 0.3) is 0 Å². The molecule has 3 nitrogen and oxygen atoms in total. The lowest BCUT2D eigenvalue weighted by Gasteiger charge is -2.22. The standard InChI is InChI=1S/C12H13ClF3NO2S/c13-8-10-4-2-6-17(10)20(18,19)11-5-1-3-9(7-11)12(14,15)16/h1,3,5,7,10H,2,4,6,8H2. The number of halogens is 4. The number of alkyl halides is 4. The van der Waals surface area contributed by atoms with E-state index < -0.39 is 21.8 Å². The van der Waals surface area contributed by atoms with Crippen LogP contribution in [-0.4, -0.2) is 31.2 Å². The van der Waals surface area contributed by atoms with Crippen LogP contribution in [0.4, 0.5) is 13.2 Å². The Morgan fingerprint density at radius 3 is 2.65 bits per heavy atom. The molecule has 0 bridgehead atoms. The summed E-state index contributed by atoms with van der Waals surface area (Å²) in [6.07, 6.45) is -3.28. The van der Waals surface area contributed by atoms with E-state index in [-0.39, 0.29) is 23.4 Å². The first-order valence-electron chi connectivity index (χ1n) is 6.02.